The number of anilines is 2. The Bertz CT molecular complexity index is 754. The van der Waals surface area contributed by atoms with Gasteiger partial charge in [-0.25, -0.2) is 4.98 Å². The van der Waals surface area contributed by atoms with E-state index < -0.39 is 0 Å². The number of hydrogen-bond acceptors (Lipinski definition) is 4. The zero-order chi connectivity index (χ0) is 16.4. The van der Waals surface area contributed by atoms with Crippen LogP contribution >= 0.6 is 11.3 Å². The van der Waals surface area contributed by atoms with E-state index in [9.17, 15) is 9.59 Å². The van der Waals surface area contributed by atoms with Crippen LogP contribution in [0.15, 0.2) is 23.6 Å². The first kappa shape index (κ1) is 15.7. The molecule has 2 aromatic rings. The fraction of sp³-hybridized carbons (Fsp3) is 0.353. The van der Waals surface area contributed by atoms with Gasteiger partial charge in [-0.2, -0.15) is 0 Å². The van der Waals surface area contributed by atoms with Crippen LogP contribution in [0.3, 0.4) is 0 Å². The van der Waals surface area contributed by atoms with Crippen molar-refractivity contribution in [2.24, 2.45) is 0 Å². The van der Waals surface area contributed by atoms with Crippen LogP contribution in [-0.2, 0) is 16.0 Å². The zero-order valence-corrected chi connectivity index (χ0v) is 14.1. The molecule has 120 valence electrons. The van der Waals surface area contributed by atoms with Crippen molar-refractivity contribution in [3.05, 3.63) is 40.4 Å². The molecule has 3 rings (SSSR count). The molecule has 2 amide bonds. The summed E-state index contributed by atoms with van der Waals surface area (Å²) in [5.74, 6) is 0.0205. The van der Waals surface area contributed by atoms with Crippen molar-refractivity contribution in [3.63, 3.8) is 0 Å². The Morgan fingerprint density at radius 2 is 2.22 bits per heavy atom. The lowest BCUT2D eigenvalue weighted by molar-refractivity contribution is -0.117. The van der Waals surface area contributed by atoms with E-state index in [1.54, 1.807) is 4.90 Å². The molecule has 2 heterocycles. The van der Waals surface area contributed by atoms with E-state index in [-0.39, 0.29) is 18.2 Å². The molecule has 1 aliphatic rings. The summed E-state index contributed by atoms with van der Waals surface area (Å²) in [6.07, 6.45) is 1.68. The molecule has 6 heteroatoms. The SMILES string of the molecule is Cc1ccc(NC(=O)Cc2csc(N3CCCC3=O)n2)c(C)c1. The number of amides is 2. The maximum Gasteiger partial charge on any atom is 0.230 e. The number of carbonyl (C=O) groups is 2. The Morgan fingerprint density at radius 1 is 1.39 bits per heavy atom. The van der Waals surface area contributed by atoms with Crippen molar-refractivity contribution in [3.8, 4) is 0 Å². The summed E-state index contributed by atoms with van der Waals surface area (Å²) in [5, 5.41) is 5.46. The van der Waals surface area contributed by atoms with Gasteiger partial charge in [0.2, 0.25) is 11.8 Å². The summed E-state index contributed by atoms with van der Waals surface area (Å²) in [5.41, 5.74) is 3.73. The summed E-state index contributed by atoms with van der Waals surface area (Å²) in [6.45, 7) is 4.72. The normalized spacial score (nSPS) is 14.3. The summed E-state index contributed by atoms with van der Waals surface area (Å²) >= 11 is 1.42. The molecule has 1 aromatic heterocycles. The first-order valence-corrected chi connectivity index (χ1v) is 8.53. The van der Waals surface area contributed by atoms with Gasteiger partial charge in [0.15, 0.2) is 5.13 Å². The first-order chi connectivity index (χ1) is 11.0. The Labute approximate surface area is 139 Å². The van der Waals surface area contributed by atoms with Crippen molar-refractivity contribution in [1.29, 1.82) is 0 Å². The predicted octanol–water partition coefficient (Wildman–Crippen LogP) is 3.07. The minimum absolute atomic E-state index is 0.0958. The molecule has 1 fully saturated rings. The third kappa shape index (κ3) is 3.59. The van der Waals surface area contributed by atoms with Gasteiger partial charge in [-0.15, -0.1) is 11.3 Å². The lowest BCUT2D eigenvalue weighted by Crippen LogP contribution is -2.23. The molecule has 0 radical (unpaired) electrons. The van der Waals surface area contributed by atoms with Crippen LogP contribution in [0.2, 0.25) is 0 Å². The number of benzene rings is 1. The highest BCUT2D eigenvalue weighted by Gasteiger charge is 2.24. The van der Waals surface area contributed by atoms with Crippen molar-refractivity contribution in [2.75, 3.05) is 16.8 Å². The van der Waals surface area contributed by atoms with Crippen molar-refractivity contribution in [1.82, 2.24) is 4.98 Å². The number of thiazole rings is 1. The standard InChI is InChI=1S/C17H19N3O2S/c1-11-5-6-14(12(2)8-11)19-15(21)9-13-10-23-17(18-13)20-7-3-4-16(20)22/h5-6,8,10H,3-4,7,9H2,1-2H3,(H,19,21). The van der Waals surface area contributed by atoms with E-state index in [2.05, 4.69) is 10.3 Å². The molecule has 1 aromatic carbocycles. The number of aryl methyl sites for hydroxylation is 2. The van der Waals surface area contributed by atoms with E-state index in [1.807, 2.05) is 37.4 Å². The average molecular weight is 329 g/mol. The van der Waals surface area contributed by atoms with E-state index in [4.69, 9.17) is 0 Å². The molecular weight excluding hydrogens is 310 g/mol. The first-order valence-electron chi connectivity index (χ1n) is 7.65. The molecule has 5 nitrogen and oxygen atoms in total. The Hall–Kier alpha value is -2.21. The number of aromatic nitrogens is 1. The summed E-state index contributed by atoms with van der Waals surface area (Å²) in [6, 6.07) is 5.93. The smallest absolute Gasteiger partial charge is 0.230 e. The molecule has 1 saturated heterocycles. The van der Waals surface area contributed by atoms with Gasteiger partial charge in [-0.05, 0) is 31.9 Å². The number of nitrogens with one attached hydrogen (secondary N) is 1. The molecule has 0 unspecified atom stereocenters. The van der Waals surface area contributed by atoms with Crippen LogP contribution in [0.1, 0.15) is 29.7 Å². The quantitative estimate of drug-likeness (QED) is 0.937. The second-order valence-electron chi connectivity index (χ2n) is 5.81. The van der Waals surface area contributed by atoms with Crippen LogP contribution in [0.5, 0.6) is 0 Å². The van der Waals surface area contributed by atoms with Crippen molar-refractivity contribution in [2.45, 2.75) is 33.1 Å². The van der Waals surface area contributed by atoms with Crippen LogP contribution in [0.4, 0.5) is 10.8 Å². The maximum absolute atomic E-state index is 12.2. The van der Waals surface area contributed by atoms with Gasteiger partial charge in [-0.3, -0.25) is 14.5 Å². The molecule has 0 aliphatic carbocycles. The molecule has 1 N–H and O–H groups in total. The number of carbonyl (C=O) groups excluding carboxylic acids is 2. The molecule has 0 bridgehead atoms. The lowest BCUT2D eigenvalue weighted by atomic mass is 10.1. The van der Waals surface area contributed by atoms with Gasteiger partial charge >= 0.3 is 0 Å². The zero-order valence-electron chi connectivity index (χ0n) is 13.3. The minimum Gasteiger partial charge on any atom is -0.326 e. The Morgan fingerprint density at radius 3 is 2.91 bits per heavy atom. The molecule has 0 saturated carbocycles. The number of rotatable bonds is 4. The van der Waals surface area contributed by atoms with E-state index in [0.717, 1.165) is 24.2 Å². The third-order valence-corrected chi connectivity index (χ3v) is 4.75. The Balaban J connectivity index is 1.64. The van der Waals surface area contributed by atoms with Crippen LogP contribution in [-0.4, -0.2) is 23.3 Å². The fourth-order valence-electron chi connectivity index (χ4n) is 2.66. The van der Waals surface area contributed by atoms with Gasteiger partial charge < -0.3 is 5.32 Å². The molecule has 0 atom stereocenters. The van der Waals surface area contributed by atoms with Gasteiger partial charge in [-0.1, -0.05) is 17.7 Å². The number of hydrogen-bond donors (Lipinski definition) is 1. The van der Waals surface area contributed by atoms with Crippen LogP contribution in [0.25, 0.3) is 0 Å². The van der Waals surface area contributed by atoms with Crippen LogP contribution in [0, 0.1) is 13.8 Å². The highest BCUT2D eigenvalue weighted by molar-refractivity contribution is 7.14. The highest BCUT2D eigenvalue weighted by Crippen LogP contribution is 2.25. The molecule has 1 aliphatic heterocycles. The van der Waals surface area contributed by atoms with Gasteiger partial charge in [0.25, 0.3) is 0 Å². The maximum atomic E-state index is 12.2. The van der Waals surface area contributed by atoms with E-state index in [0.29, 0.717) is 17.2 Å². The summed E-state index contributed by atoms with van der Waals surface area (Å²) < 4.78 is 0. The predicted molar refractivity (Wildman–Crippen MR) is 92.0 cm³/mol. The topological polar surface area (TPSA) is 62.3 Å². The fourth-order valence-corrected chi connectivity index (χ4v) is 3.53. The van der Waals surface area contributed by atoms with Crippen molar-refractivity contribution < 1.29 is 9.59 Å². The molecule has 23 heavy (non-hydrogen) atoms. The third-order valence-electron chi connectivity index (χ3n) is 3.84. The molecule has 0 spiro atoms. The van der Waals surface area contributed by atoms with Crippen LogP contribution < -0.4 is 10.2 Å². The Kier molecular flexibility index (Phi) is 4.43. The summed E-state index contributed by atoms with van der Waals surface area (Å²) in [7, 11) is 0. The second kappa shape index (κ2) is 6.50. The van der Waals surface area contributed by atoms with Gasteiger partial charge in [0.05, 0.1) is 12.1 Å². The second-order valence-corrected chi connectivity index (χ2v) is 6.65. The van der Waals surface area contributed by atoms with E-state index >= 15 is 0 Å². The average Bonchev–Trinajstić information content (AvgIpc) is 3.10. The largest absolute Gasteiger partial charge is 0.326 e. The highest BCUT2D eigenvalue weighted by atomic mass is 32.1. The number of nitrogens with zero attached hydrogens (tertiary/aromatic N) is 2. The lowest BCUT2D eigenvalue weighted by Gasteiger charge is -2.10. The minimum atomic E-state index is -0.0958. The van der Waals surface area contributed by atoms with Gasteiger partial charge in [0.1, 0.15) is 0 Å². The summed E-state index contributed by atoms with van der Waals surface area (Å²) in [4.78, 5) is 30.0. The van der Waals surface area contributed by atoms with Gasteiger partial charge in [0, 0.05) is 24.0 Å². The van der Waals surface area contributed by atoms with Crippen molar-refractivity contribution >= 4 is 34.0 Å². The monoisotopic (exact) mass is 329 g/mol. The van der Waals surface area contributed by atoms with E-state index in [1.165, 1.54) is 16.9 Å². The molecular formula is C17H19N3O2S.